The number of hydrogen-bond donors (Lipinski definition) is 0. The summed E-state index contributed by atoms with van der Waals surface area (Å²) in [5, 5.41) is 8.35. The van der Waals surface area contributed by atoms with Crippen molar-refractivity contribution >= 4 is 5.69 Å². The Bertz CT molecular complexity index is 360. The third kappa shape index (κ3) is 1.11. The maximum absolute atomic E-state index is 12.7. The summed E-state index contributed by atoms with van der Waals surface area (Å²) in [7, 11) is 0. The minimum absolute atomic E-state index is 0.537. The molecule has 0 bridgehead atoms. The second kappa shape index (κ2) is 2.98. The van der Waals surface area contributed by atoms with E-state index in [1.807, 2.05) is 0 Å². The lowest BCUT2D eigenvalue weighted by Gasteiger charge is -1.96. The molecule has 12 heavy (non-hydrogen) atoms. The average Bonchev–Trinajstić information content (AvgIpc) is 2.08. The van der Waals surface area contributed by atoms with Crippen LogP contribution >= 0.6 is 0 Å². The van der Waals surface area contributed by atoms with E-state index in [2.05, 4.69) is 4.85 Å². The molecule has 1 rings (SSSR count). The summed E-state index contributed by atoms with van der Waals surface area (Å²) in [6.45, 7) is 6.49. The van der Waals surface area contributed by atoms with Crippen LogP contribution in [0.3, 0.4) is 0 Å². The molecule has 4 heteroatoms. The van der Waals surface area contributed by atoms with Gasteiger partial charge in [-0.15, -0.1) is 0 Å². The molecule has 1 aromatic rings. The molecule has 0 aromatic heterocycles. The average molecular weight is 164 g/mol. The van der Waals surface area contributed by atoms with Crippen molar-refractivity contribution in [3.05, 3.63) is 40.7 Å². The monoisotopic (exact) mass is 164 g/mol. The molecule has 0 N–H and O–H groups in total. The normalized spacial score (nSPS) is 8.67. The lowest BCUT2D eigenvalue weighted by atomic mass is 10.2. The molecular formula is C8H2F2N2. The molecule has 1 aromatic carbocycles. The number of nitrogens with zero attached hydrogens (tertiary/aromatic N) is 2. The second-order valence-corrected chi connectivity index (χ2v) is 1.98. The zero-order valence-corrected chi connectivity index (χ0v) is 5.81. The quantitative estimate of drug-likeness (QED) is 0.541. The molecule has 0 unspecified atom stereocenters. The van der Waals surface area contributed by atoms with E-state index in [4.69, 9.17) is 11.8 Å². The van der Waals surface area contributed by atoms with Crippen LogP contribution < -0.4 is 0 Å². The van der Waals surface area contributed by atoms with E-state index in [1.54, 1.807) is 0 Å². The number of nitriles is 1. The number of benzene rings is 1. The standard InChI is InChI=1S/C8H2F2N2/c1-12-8-5(4-11)6(9)2-3-7(8)10/h2-3H. The third-order valence-corrected chi connectivity index (χ3v) is 1.30. The minimum Gasteiger partial charge on any atom is -0.234 e. The molecule has 0 heterocycles. The van der Waals surface area contributed by atoms with Crippen molar-refractivity contribution in [2.24, 2.45) is 0 Å². The van der Waals surface area contributed by atoms with Gasteiger partial charge in [-0.2, -0.15) is 5.26 Å². The maximum Gasteiger partial charge on any atom is 0.242 e. The minimum atomic E-state index is -0.872. The van der Waals surface area contributed by atoms with Gasteiger partial charge in [-0.05, 0) is 12.1 Å². The number of rotatable bonds is 0. The Morgan fingerprint density at radius 2 is 1.92 bits per heavy atom. The summed E-state index contributed by atoms with van der Waals surface area (Å²) in [5.74, 6) is -1.74. The van der Waals surface area contributed by atoms with Crippen LogP contribution in [0.1, 0.15) is 5.56 Å². The summed E-state index contributed by atoms with van der Waals surface area (Å²) >= 11 is 0. The lowest BCUT2D eigenvalue weighted by Crippen LogP contribution is -1.86. The van der Waals surface area contributed by atoms with Crippen molar-refractivity contribution in [3.63, 3.8) is 0 Å². The van der Waals surface area contributed by atoms with Gasteiger partial charge in [-0.3, -0.25) is 0 Å². The van der Waals surface area contributed by atoms with Gasteiger partial charge in [0, 0.05) is 0 Å². The first-order chi connectivity index (χ1) is 5.70. The zero-order chi connectivity index (χ0) is 9.14. The Kier molecular flexibility index (Phi) is 2.02. The van der Waals surface area contributed by atoms with Crippen LogP contribution in [0.5, 0.6) is 0 Å². The Labute approximate surface area is 67.5 Å². The van der Waals surface area contributed by atoms with E-state index >= 15 is 0 Å². The summed E-state index contributed by atoms with van der Waals surface area (Å²) in [6.07, 6.45) is 0. The van der Waals surface area contributed by atoms with E-state index < -0.39 is 22.9 Å². The zero-order valence-electron chi connectivity index (χ0n) is 5.81. The highest BCUT2D eigenvalue weighted by atomic mass is 19.1. The van der Waals surface area contributed by atoms with Crippen LogP contribution in [0, 0.1) is 29.5 Å². The molecule has 0 atom stereocenters. The molecular weight excluding hydrogens is 162 g/mol. The van der Waals surface area contributed by atoms with Gasteiger partial charge < -0.3 is 0 Å². The molecule has 0 spiro atoms. The fourth-order valence-corrected chi connectivity index (χ4v) is 0.757. The largest absolute Gasteiger partial charge is 0.242 e. The fourth-order valence-electron chi connectivity index (χ4n) is 0.757. The Balaban J connectivity index is 3.55. The van der Waals surface area contributed by atoms with E-state index in [-0.39, 0.29) is 0 Å². The van der Waals surface area contributed by atoms with Crippen LogP contribution in [-0.4, -0.2) is 0 Å². The smallest absolute Gasteiger partial charge is 0.234 e. The van der Waals surface area contributed by atoms with Gasteiger partial charge in [-0.25, -0.2) is 13.6 Å². The topological polar surface area (TPSA) is 28.1 Å². The van der Waals surface area contributed by atoms with Crippen LogP contribution in [-0.2, 0) is 0 Å². The van der Waals surface area contributed by atoms with Crippen LogP contribution in [0.4, 0.5) is 14.5 Å². The summed E-state index contributed by atoms with van der Waals surface area (Å²) in [6, 6.07) is 3.07. The molecule has 0 saturated heterocycles. The molecule has 0 radical (unpaired) electrons. The van der Waals surface area contributed by atoms with Crippen molar-refractivity contribution in [1.29, 1.82) is 5.26 Å². The third-order valence-electron chi connectivity index (χ3n) is 1.30. The highest BCUT2D eigenvalue weighted by Gasteiger charge is 2.12. The summed E-state index contributed by atoms with van der Waals surface area (Å²) in [5.41, 5.74) is -1.09. The fraction of sp³-hybridized carbons (Fsp3) is 0. The second-order valence-electron chi connectivity index (χ2n) is 1.98. The van der Waals surface area contributed by atoms with Crippen molar-refractivity contribution in [1.82, 2.24) is 0 Å². The van der Waals surface area contributed by atoms with Gasteiger partial charge in [0.25, 0.3) is 0 Å². The summed E-state index contributed by atoms with van der Waals surface area (Å²) in [4.78, 5) is 2.71. The van der Waals surface area contributed by atoms with Crippen LogP contribution in [0.25, 0.3) is 4.85 Å². The van der Waals surface area contributed by atoms with Crippen molar-refractivity contribution < 1.29 is 8.78 Å². The SMILES string of the molecule is [C-]#[N+]c1c(F)ccc(F)c1C#N. The van der Waals surface area contributed by atoms with E-state index in [9.17, 15) is 8.78 Å². The van der Waals surface area contributed by atoms with E-state index in [0.717, 1.165) is 12.1 Å². The van der Waals surface area contributed by atoms with Gasteiger partial charge >= 0.3 is 0 Å². The lowest BCUT2D eigenvalue weighted by molar-refractivity contribution is 0.602. The first-order valence-electron chi connectivity index (χ1n) is 2.96. The number of hydrogen-bond acceptors (Lipinski definition) is 1. The molecule has 0 aliphatic heterocycles. The van der Waals surface area contributed by atoms with Gasteiger partial charge in [-0.1, -0.05) is 0 Å². The predicted octanol–water partition coefficient (Wildman–Crippen LogP) is 2.39. The Morgan fingerprint density at radius 3 is 2.33 bits per heavy atom. The van der Waals surface area contributed by atoms with Crippen molar-refractivity contribution in [3.8, 4) is 6.07 Å². The molecule has 2 nitrogen and oxygen atoms in total. The molecule has 0 fully saturated rings. The first kappa shape index (κ1) is 8.16. The predicted molar refractivity (Wildman–Crippen MR) is 37.3 cm³/mol. The van der Waals surface area contributed by atoms with E-state index in [1.165, 1.54) is 6.07 Å². The highest BCUT2D eigenvalue weighted by molar-refractivity contribution is 5.59. The molecule has 0 aliphatic carbocycles. The van der Waals surface area contributed by atoms with Crippen molar-refractivity contribution in [2.75, 3.05) is 0 Å². The maximum atomic E-state index is 12.7. The highest BCUT2D eigenvalue weighted by Crippen LogP contribution is 2.24. The number of halogens is 2. The van der Waals surface area contributed by atoms with Crippen LogP contribution in [0.15, 0.2) is 12.1 Å². The first-order valence-corrected chi connectivity index (χ1v) is 2.96. The molecule has 0 aliphatic rings. The summed E-state index contributed by atoms with van der Waals surface area (Å²) < 4.78 is 25.4. The molecule has 0 saturated carbocycles. The van der Waals surface area contributed by atoms with Crippen molar-refractivity contribution in [2.45, 2.75) is 0 Å². The van der Waals surface area contributed by atoms with Crippen LogP contribution in [0.2, 0.25) is 0 Å². The van der Waals surface area contributed by atoms with Gasteiger partial charge in [0.15, 0.2) is 0 Å². The van der Waals surface area contributed by atoms with Gasteiger partial charge in [0.1, 0.15) is 11.6 Å². The van der Waals surface area contributed by atoms with Gasteiger partial charge in [0.2, 0.25) is 5.69 Å². The molecule has 0 amide bonds. The van der Waals surface area contributed by atoms with E-state index in [0.29, 0.717) is 0 Å². The van der Waals surface area contributed by atoms with Gasteiger partial charge in [0.05, 0.1) is 18.2 Å². The Hall–Kier alpha value is -1.94. The Morgan fingerprint density at radius 1 is 1.33 bits per heavy atom. The molecule has 58 valence electrons.